The van der Waals surface area contributed by atoms with Gasteiger partial charge in [0, 0.05) is 19.2 Å². The monoisotopic (exact) mass is 403 g/mol. The average Bonchev–Trinajstić information content (AvgIpc) is 3.00. The molecule has 11 heteroatoms. The van der Waals surface area contributed by atoms with E-state index < -0.39 is 37.4 Å². The van der Waals surface area contributed by atoms with Crippen LogP contribution in [0, 0.1) is 0 Å². The molecule has 2 amide bonds. The average molecular weight is 404 g/mol. The zero-order valence-electron chi connectivity index (χ0n) is 14.3. The SMILES string of the molecule is CCN(C(=O)CNC(=O)CCC(F)(F)F)c1cn(-c2cccnc2)nc1Cl. The van der Waals surface area contributed by atoms with E-state index >= 15 is 0 Å². The topological polar surface area (TPSA) is 80.1 Å². The maximum absolute atomic E-state index is 12.4. The summed E-state index contributed by atoms with van der Waals surface area (Å²) in [6.45, 7) is 1.48. The first kappa shape index (κ1) is 20.7. The number of hydrogen-bond donors (Lipinski definition) is 1. The van der Waals surface area contributed by atoms with Crippen LogP contribution in [0.2, 0.25) is 5.15 Å². The van der Waals surface area contributed by atoms with Crippen LogP contribution >= 0.6 is 11.6 Å². The zero-order chi connectivity index (χ0) is 20.0. The fourth-order valence-corrected chi connectivity index (χ4v) is 2.47. The third-order valence-corrected chi connectivity index (χ3v) is 3.81. The molecule has 0 aromatic carbocycles. The molecule has 1 N–H and O–H groups in total. The van der Waals surface area contributed by atoms with E-state index in [0.29, 0.717) is 11.4 Å². The van der Waals surface area contributed by atoms with Gasteiger partial charge in [0.15, 0.2) is 5.15 Å². The van der Waals surface area contributed by atoms with E-state index in [9.17, 15) is 22.8 Å². The lowest BCUT2D eigenvalue weighted by atomic mass is 10.3. The van der Waals surface area contributed by atoms with E-state index in [4.69, 9.17) is 11.6 Å². The Hall–Kier alpha value is -2.62. The Morgan fingerprint density at radius 1 is 1.37 bits per heavy atom. The maximum atomic E-state index is 12.4. The summed E-state index contributed by atoms with van der Waals surface area (Å²) in [7, 11) is 0. The van der Waals surface area contributed by atoms with Gasteiger partial charge in [0.2, 0.25) is 11.8 Å². The molecule has 0 saturated carbocycles. The molecule has 146 valence electrons. The highest BCUT2D eigenvalue weighted by Crippen LogP contribution is 2.26. The smallest absolute Gasteiger partial charge is 0.347 e. The van der Waals surface area contributed by atoms with Crippen LogP contribution in [-0.4, -0.2) is 45.8 Å². The number of rotatable bonds is 7. The number of carbonyl (C=O) groups excluding carboxylic acids is 2. The van der Waals surface area contributed by atoms with E-state index in [1.54, 1.807) is 31.5 Å². The minimum atomic E-state index is -4.43. The van der Waals surface area contributed by atoms with Crippen molar-refractivity contribution < 1.29 is 22.8 Å². The minimum Gasteiger partial charge on any atom is -0.347 e. The normalized spacial score (nSPS) is 11.3. The Balaban J connectivity index is 2.03. The van der Waals surface area contributed by atoms with Gasteiger partial charge in [-0.2, -0.15) is 18.3 Å². The fourth-order valence-electron chi connectivity index (χ4n) is 2.24. The largest absolute Gasteiger partial charge is 0.389 e. The van der Waals surface area contributed by atoms with Crippen molar-refractivity contribution >= 4 is 29.1 Å². The van der Waals surface area contributed by atoms with E-state index in [1.165, 1.54) is 15.8 Å². The van der Waals surface area contributed by atoms with Crippen molar-refractivity contribution in [2.24, 2.45) is 0 Å². The molecule has 2 aromatic heterocycles. The molecule has 2 aromatic rings. The predicted molar refractivity (Wildman–Crippen MR) is 92.7 cm³/mol. The lowest BCUT2D eigenvalue weighted by Gasteiger charge is -2.19. The number of likely N-dealkylation sites (N-methyl/N-ethyl adjacent to an activating group) is 1. The van der Waals surface area contributed by atoms with Crippen LogP contribution in [0.25, 0.3) is 5.69 Å². The van der Waals surface area contributed by atoms with Gasteiger partial charge in [0.25, 0.3) is 0 Å². The molecule has 0 atom stereocenters. The summed E-state index contributed by atoms with van der Waals surface area (Å²) >= 11 is 6.12. The van der Waals surface area contributed by atoms with Crippen molar-refractivity contribution in [1.29, 1.82) is 0 Å². The molecule has 27 heavy (non-hydrogen) atoms. The molecule has 0 radical (unpaired) electrons. The minimum absolute atomic E-state index is 0.0671. The van der Waals surface area contributed by atoms with E-state index in [1.807, 2.05) is 0 Å². The summed E-state index contributed by atoms with van der Waals surface area (Å²) < 4.78 is 37.8. The summed E-state index contributed by atoms with van der Waals surface area (Å²) in [5.74, 6) is -1.38. The first-order valence-corrected chi connectivity index (χ1v) is 8.38. The second-order valence-corrected chi connectivity index (χ2v) is 5.85. The molecule has 0 fully saturated rings. The Kier molecular flexibility index (Phi) is 6.78. The summed E-state index contributed by atoms with van der Waals surface area (Å²) in [4.78, 5) is 29.1. The highest BCUT2D eigenvalue weighted by Gasteiger charge is 2.28. The van der Waals surface area contributed by atoms with E-state index in [2.05, 4.69) is 15.4 Å². The third-order valence-electron chi connectivity index (χ3n) is 3.54. The molecule has 2 heterocycles. The third kappa shape index (κ3) is 5.95. The van der Waals surface area contributed by atoms with Gasteiger partial charge in [-0.15, -0.1) is 0 Å². The Morgan fingerprint density at radius 3 is 2.70 bits per heavy atom. The van der Waals surface area contributed by atoms with Crippen molar-refractivity contribution in [3.8, 4) is 5.69 Å². The number of halogens is 4. The molecule has 0 aliphatic carbocycles. The summed E-state index contributed by atoms with van der Waals surface area (Å²) in [6.07, 6.45) is -1.71. The summed E-state index contributed by atoms with van der Waals surface area (Å²) in [5, 5.41) is 6.37. The second kappa shape index (κ2) is 8.85. The van der Waals surface area contributed by atoms with Gasteiger partial charge in [-0.1, -0.05) is 11.6 Å². The van der Waals surface area contributed by atoms with Crippen LogP contribution in [0.1, 0.15) is 19.8 Å². The van der Waals surface area contributed by atoms with Gasteiger partial charge in [-0.3, -0.25) is 14.6 Å². The van der Waals surface area contributed by atoms with Crippen LogP contribution < -0.4 is 10.2 Å². The lowest BCUT2D eigenvalue weighted by molar-refractivity contribution is -0.144. The number of nitrogens with zero attached hydrogens (tertiary/aromatic N) is 4. The van der Waals surface area contributed by atoms with Crippen molar-refractivity contribution in [1.82, 2.24) is 20.1 Å². The Morgan fingerprint density at radius 2 is 2.11 bits per heavy atom. The van der Waals surface area contributed by atoms with E-state index in [0.717, 1.165) is 0 Å². The van der Waals surface area contributed by atoms with Crippen LogP contribution in [0.5, 0.6) is 0 Å². The van der Waals surface area contributed by atoms with Crippen LogP contribution in [-0.2, 0) is 9.59 Å². The summed E-state index contributed by atoms with van der Waals surface area (Å²) in [5.41, 5.74) is 0.951. The zero-order valence-corrected chi connectivity index (χ0v) is 15.1. The first-order valence-electron chi connectivity index (χ1n) is 8.00. The van der Waals surface area contributed by atoms with Gasteiger partial charge in [0.05, 0.1) is 31.0 Å². The number of hydrogen-bond acceptors (Lipinski definition) is 4. The van der Waals surface area contributed by atoms with Gasteiger partial charge in [-0.05, 0) is 19.1 Å². The van der Waals surface area contributed by atoms with Gasteiger partial charge in [0.1, 0.15) is 5.69 Å². The molecule has 2 rings (SSSR count). The maximum Gasteiger partial charge on any atom is 0.389 e. The number of carbonyl (C=O) groups is 2. The van der Waals surface area contributed by atoms with Crippen LogP contribution in [0.4, 0.5) is 18.9 Å². The number of alkyl halides is 3. The number of nitrogens with one attached hydrogen (secondary N) is 1. The second-order valence-electron chi connectivity index (χ2n) is 5.49. The van der Waals surface area contributed by atoms with Crippen molar-refractivity contribution in [3.05, 3.63) is 35.9 Å². The molecule has 0 aliphatic rings. The first-order chi connectivity index (χ1) is 12.7. The van der Waals surface area contributed by atoms with Crippen LogP contribution in [0.15, 0.2) is 30.7 Å². The van der Waals surface area contributed by atoms with Gasteiger partial charge < -0.3 is 10.2 Å². The Labute approximate surface area is 158 Å². The Bertz CT molecular complexity index is 795. The molecule has 0 unspecified atom stereocenters. The predicted octanol–water partition coefficient (Wildman–Crippen LogP) is 2.73. The molecule has 7 nitrogen and oxygen atoms in total. The molecule has 0 spiro atoms. The van der Waals surface area contributed by atoms with Gasteiger partial charge >= 0.3 is 6.18 Å². The molecular weight excluding hydrogens is 387 g/mol. The van der Waals surface area contributed by atoms with Crippen LogP contribution in [0.3, 0.4) is 0 Å². The highest BCUT2D eigenvalue weighted by molar-refractivity contribution is 6.32. The molecule has 0 aliphatic heterocycles. The number of aromatic nitrogens is 3. The van der Waals surface area contributed by atoms with Crippen molar-refractivity contribution in [3.63, 3.8) is 0 Å². The number of pyridine rings is 1. The molecular formula is C16H17ClF3N5O2. The summed E-state index contributed by atoms with van der Waals surface area (Å²) in [6, 6.07) is 3.46. The highest BCUT2D eigenvalue weighted by atomic mass is 35.5. The molecule has 0 bridgehead atoms. The van der Waals surface area contributed by atoms with Crippen molar-refractivity contribution in [2.45, 2.75) is 25.9 Å². The number of anilines is 1. The van der Waals surface area contributed by atoms with E-state index in [-0.39, 0.29) is 11.7 Å². The fraction of sp³-hybridized carbons (Fsp3) is 0.375. The number of amides is 2. The quantitative estimate of drug-likeness (QED) is 0.770. The van der Waals surface area contributed by atoms with Gasteiger partial charge in [-0.25, -0.2) is 4.68 Å². The van der Waals surface area contributed by atoms with Crippen molar-refractivity contribution in [2.75, 3.05) is 18.0 Å². The lowest BCUT2D eigenvalue weighted by Crippen LogP contribution is -2.40. The molecule has 0 saturated heterocycles. The standard InChI is InChI=1S/C16H17ClF3N5O2/c1-2-24(14(27)9-22-13(26)5-6-16(18,19)20)12-10-25(23-15(12)17)11-4-3-7-21-8-11/h3-4,7-8,10H,2,5-6,9H2,1H3,(H,22,26).